The van der Waals surface area contributed by atoms with Gasteiger partial charge in [-0.25, -0.2) is 0 Å². The second-order valence-corrected chi connectivity index (χ2v) is 7.04. The van der Waals surface area contributed by atoms with Crippen molar-refractivity contribution in [2.75, 3.05) is 26.7 Å². The molecule has 1 aromatic rings. The molecule has 1 fully saturated rings. The third-order valence-electron chi connectivity index (χ3n) is 3.84. The van der Waals surface area contributed by atoms with Crippen LogP contribution in [0.2, 0.25) is 0 Å². The molecule has 1 N–H and O–H groups in total. The van der Waals surface area contributed by atoms with Crippen molar-refractivity contribution in [1.82, 2.24) is 10.2 Å². The summed E-state index contributed by atoms with van der Waals surface area (Å²) in [5.74, 6) is 0. The van der Waals surface area contributed by atoms with Crippen LogP contribution in [0.15, 0.2) is 6.07 Å². The number of rotatable bonds is 7. The van der Waals surface area contributed by atoms with Gasteiger partial charge in [-0.1, -0.05) is 6.92 Å². The van der Waals surface area contributed by atoms with Gasteiger partial charge in [0.15, 0.2) is 0 Å². The van der Waals surface area contributed by atoms with E-state index in [9.17, 15) is 0 Å². The highest BCUT2D eigenvalue weighted by Gasteiger charge is 2.21. The highest BCUT2D eigenvalue weighted by Crippen LogP contribution is 2.24. The third kappa shape index (κ3) is 4.55. The van der Waals surface area contributed by atoms with Crippen molar-refractivity contribution in [3.05, 3.63) is 21.4 Å². The normalized spacial score (nSPS) is 20.4. The second kappa shape index (κ2) is 8.13. The van der Waals surface area contributed by atoms with Crippen molar-refractivity contribution in [3.63, 3.8) is 0 Å². The van der Waals surface area contributed by atoms with E-state index in [0.29, 0.717) is 6.10 Å². The monoisotopic (exact) mass is 296 g/mol. The van der Waals surface area contributed by atoms with E-state index in [1.807, 2.05) is 18.4 Å². The second-order valence-electron chi connectivity index (χ2n) is 5.69. The van der Waals surface area contributed by atoms with Gasteiger partial charge >= 0.3 is 0 Å². The van der Waals surface area contributed by atoms with E-state index in [2.05, 4.69) is 30.1 Å². The van der Waals surface area contributed by atoms with Crippen LogP contribution in [-0.4, -0.2) is 37.7 Å². The minimum atomic E-state index is 0.444. The molecule has 1 aromatic heterocycles. The Morgan fingerprint density at radius 2 is 2.35 bits per heavy atom. The maximum Gasteiger partial charge on any atom is 0.0702 e. The van der Waals surface area contributed by atoms with Gasteiger partial charge in [0.1, 0.15) is 0 Å². The quantitative estimate of drug-likeness (QED) is 0.836. The molecular formula is C16H28N2OS. The predicted octanol–water partition coefficient (Wildman–Crippen LogP) is 3.17. The molecule has 0 bridgehead atoms. The zero-order valence-electron chi connectivity index (χ0n) is 13.1. The Morgan fingerprint density at radius 1 is 1.50 bits per heavy atom. The average Bonchev–Trinajstić information content (AvgIpc) is 2.77. The first-order valence-electron chi connectivity index (χ1n) is 7.79. The number of ether oxygens (including phenoxy) is 1. The zero-order valence-corrected chi connectivity index (χ0v) is 13.9. The standard InChI is InChI=1S/C16H28N2OS/c1-4-8-19-15-6-5-7-18(12-15)11-14-9-16(10-17-3)20-13(14)2/h9,15,17H,4-8,10-12H2,1-3H3. The SMILES string of the molecule is CCCOC1CCCN(Cc2cc(CNC)sc2C)C1. The van der Waals surface area contributed by atoms with Gasteiger partial charge in [-0.15, -0.1) is 11.3 Å². The van der Waals surface area contributed by atoms with Gasteiger partial charge in [0.25, 0.3) is 0 Å². The number of nitrogens with zero attached hydrogens (tertiary/aromatic N) is 1. The fourth-order valence-electron chi connectivity index (χ4n) is 2.82. The molecule has 20 heavy (non-hydrogen) atoms. The number of hydrogen-bond acceptors (Lipinski definition) is 4. The van der Waals surface area contributed by atoms with Crippen LogP contribution in [0.4, 0.5) is 0 Å². The molecule has 0 aliphatic carbocycles. The van der Waals surface area contributed by atoms with Crippen molar-refractivity contribution in [1.29, 1.82) is 0 Å². The number of piperidine rings is 1. The Kier molecular flexibility index (Phi) is 6.49. The van der Waals surface area contributed by atoms with E-state index in [-0.39, 0.29) is 0 Å². The first-order chi connectivity index (χ1) is 9.72. The lowest BCUT2D eigenvalue weighted by Gasteiger charge is -2.32. The molecule has 2 rings (SSSR count). The van der Waals surface area contributed by atoms with Crippen LogP contribution in [0.1, 0.15) is 41.5 Å². The van der Waals surface area contributed by atoms with E-state index in [1.54, 1.807) is 0 Å². The summed E-state index contributed by atoms with van der Waals surface area (Å²) in [5.41, 5.74) is 1.50. The Morgan fingerprint density at radius 3 is 3.10 bits per heavy atom. The fourth-order valence-corrected chi connectivity index (χ4v) is 3.89. The Bertz CT molecular complexity index is 405. The molecule has 0 radical (unpaired) electrons. The van der Waals surface area contributed by atoms with Gasteiger partial charge in [0.2, 0.25) is 0 Å². The Balaban J connectivity index is 1.88. The summed E-state index contributed by atoms with van der Waals surface area (Å²) in [6.07, 6.45) is 4.05. The number of hydrogen-bond donors (Lipinski definition) is 1. The van der Waals surface area contributed by atoms with E-state index in [4.69, 9.17) is 4.74 Å². The largest absolute Gasteiger partial charge is 0.377 e. The minimum absolute atomic E-state index is 0.444. The highest BCUT2D eigenvalue weighted by molar-refractivity contribution is 7.12. The Labute approximate surface area is 127 Å². The van der Waals surface area contributed by atoms with Crippen LogP contribution in [0.3, 0.4) is 0 Å². The van der Waals surface area contributed by atoms with Crippen molar-refractivity contribution >= 4 is 11.3 Å². The maximum absolute atomic E-state index is 5.92. The van der Waals surface area contributed by atoms with Gasteiger partial charge in [0, 0.05) is 36.0 Å². The third-order valence-corrected chi connectivity index (χ3v) is 4.93. The van der Waals surface area contributed by atoms with Crippen molar-refractivity contribution in [2.24, 2.45) is 0 Å². The van der Waals surface area contributed by atoms with Crippen molar-refractivity contribution < 1.29 is 4.74 Å². The molecule has 1 aliphatic heterocycles. The van der Waals surface area contributed by atoms with E-state index in [1.165, 1.54) is 34.7 Å². The summed E-state index contributed by atoms with van der Waals surface area (Å²) < 4.78 is 5.92. The lowest BCUT2D eigenvalue weighted by molar-refractivity contribution is -0.00224. The summed E-state index contributed by atoms with van der Waals surface area (Å²) in [5, 5.41) is 3.24. The topological polar surface area (TPSA) is 24.5 Å². The summed E-state index contributed by atoms with van der Waals surface area (Å²) in [7, 11) is 2.01. The zero-order chi connectivity index (χ0) is 14.4. The molecule has 114 valence electrons. The molecule has 3 nitrogen and oxygen atoms in total. The summed E-state index contributed by atoms with van der Waals surface area (Å²) in [6.45, 7) is 9.69. The van der Waals surface area contributed by atoms with Crippen LogP contribution in [0.5, 0.6) is 0 Å². The van der Waals surface area contributed by atoms with Gasteiger partial charge in [0.05, 0.1) is 6.10 Å². The molecule has 1 saturated heterocycles. The summed E-state index contributed by atoms with van der Waals surface area (Å²) >= 11 is 1.92. The number of aryl methyl sites for hydroxylation is 1. The first kappa shape index (κ1) is 16.0. The number of thiophene rings is 1. The molecule has 4 heteroatoms. The number of likely N-dealkylation sites (tertiary alicyclic amines) is 1. The van der Waals surface area contributed by atoms with E-state index >= 15 is 0 Å². The molecule has 0 amide bonds. The predicted molar refractivity (Wildman–Crippen MR) is 86.4 cm³/mol. The van der Waals surface area contributed by atoms with E-state index in [0.717, 1.165) is 32.7 Å². The lowest BCUT2D eigenvalue weighted by atomic mass is 10.1. The smallest absolute Gasteiger partial charge is 0.0702 e. The summed E-state index contributed by atoms with van der Waals surface area (Å²) in [6, 6.07) is 2.37. The van der Waals surface area contributed by atoms with Crippen LogP contribution in [-0.2, 0) is 17.8 Å². The van der Waals surface area contributed by atoms with Gasteiger partial charge in [-0.05, 0) is 51.4 Å². The number of nitrogens with one attached hydrogen (secondary N) is 1. The van der Waals surface area contributed by atoms with Crippen LogP contribution in [0, 0.1) is 6.92 Å². The average molecular weight is 296 g/mol. The van der Waals surface area contributed by atoms with Gasteiger partial charge in [-0.2, -0.15) is 0 Å². The molecule has 0 spiro atoms. The minimum Gasteiger partial charge on any atom is -0.377 e. The fraction of sp³-hybridized carbons (Fsp3) is 0.750. The van der Waals surface area contributed by atoms with Crippen molar-refractivity contribution in [2.45, 2.75) is 52.3 Å². The molecule has 1 unspecified atom stereocenters. The van der Waals surface area contributed by atoms with E-state index < -0.39 is 0 Å². The molecule has 1 aliphatic rings. The Hall–Kier alpha value is -0.420. The van der Waals surface area contributed by atoms with Crippen LogP contribution >= 0.6 is 11.3 Å². The maximum atomic E-state index is 5.92. The molecule has 1 atom stereocenters. The highest BCUT2D eigenvalue weighted by atomic mass is 32.1. The summed E-state index contributed by atoms with van der Waals surface area (Å²) in [4.78, 5) is 5.46. The molecule has 2 heterocycles. The van der Waals surface area contributed by atoms with Crippen LogP contribution in [0.25, 0.3) is 0 Å². The molecule has 0 saturated carbocycles. The van der Waals surface area contributed by atoms with Gasteiger partial charge in [-0.3, -0.25) is 4.90 Å². The van der Waals surface area contributed by atoms with Crippen LogP contribution < -0.4 is 5.32 Å². The van der Waals surface area contributed by atoms with Crippen molar-refractivity contribution in [3.8, 4) is 0 Å². The lowest BCUT2D eigenvalue weighted by Crippen LogP contribution is -2.39. The first-order valence-corrected chi connectivity index (χ1v) is 8.61. The molecular weight excluding hydrogens is 268 g/mol. The molecule has 0 aromatic carbocycles. The van der Waals surface area contributed by atoms with Gasteiger partial charge < -0.3 is 10.1 Å².